The molecule has 1 aliphatic rings. The fourth-order valence-electron chi connectivity index (χ4n) is 3.26. The van der Waals surface area contributed by atoms with Crippen LogP contribution in [0.5, 0.6) is 0 Å². The molecule has 0 saturated carbocycles. The Balaban J connectivity index is 1.62. The van der Waals surface area contributed by atoms with Crippen LogP contribution in [0, 0.1) is 0 Å². The summed E-state index contributed by atoms with van der Waals surface area (Å²) in [6.07, 6.45) is 1.55. The lowest BCUT2D eigenvalue weighted by molar-refractivity contribution is -0.133. The molecule has 7 heteroatoms. The van der Waals surface area contributed by atoms with E-state index < -0.39 is 5.92 Å². The van der Waals surface area contributed by atoms with E-state index in [4.69, 9.17) is 16.6 Å². The van der Waals surface area contributed by atoms with Gasteiger partial charge < -0.3 is 4.42 Å². The maximum Gasteiger partial charge on any atom is 0.285 e. The van der Waals surface area contributed by atoms with Crippen LogP contribution in [0.25, 0.3) is 5.57 Å². The van der Waals surface area contributed by atoms with E-state index in [1.165, 1.54) is 0 Å². The van der Waals surface area contributed by atoms with E-state index >= 15 is 0 Å². The van der Waals surface area contributed by atoms with Crippen LogP contribution >= 0.6 is 24.0 Å². The zero-order chi connectivity index (χ0) is 21.1. The summed E-state index contributed by atoms with van der Waals surface area (Å²) in [7, 11) is 0. The number of furan rings is 1. The number of benzene rings is 2. The number of amides is 2. The molecule has 1 fully saturated rings. The molecule has 0 unspecified atom stereocenters. The van der Waals surface area contributed by atoms with Crippen LogP contribution in [0.4, 0.5) is 0 Å². The fourth-order valence-corrected chi connectivity index (χ4v) is 4.46. The molecule has 2 heterocycles. The Morgan fingerprint density at radius 2 is 1.60 bits per heavy atom. The van der Waals surface area contributed by atoms with Crippen LogP contribution in [0.2, 0.25) is 0 Å². The second-order valence-electron chi connectivity index (χ2n) is 6.67. The second kappa shape index (κ2) is 8.69. The first-order valence-electron chi connectivity index (χ1n) is 9.27. The zero-order valence-electron chi connectivity index (χ0n) is 16.1. The van der Waals surface area contributed by atoms with E-state index in [-0.39, 0.29) is 16.1 Å². The standard InChI is InChI=1S/C23H18N2O3S2/c1-15(18-13-8-14-28-18)20-22(27)25(23(29)30-20)24-21(26)19(16-9-4-2-5-10-16)17-11-6-3-7-12-17/h2-14,19H,1H3,(H,24,26). The summed E-state index contributed by atoms with van der Waals surface area (Å²) in [6, 6.07) is 22.4. The Labute approximate surface area is 183 Å². The summed E-state index contributed by atoms with van der Waals surface area (Å²) in [6.45, 7) is 1.80. The number of allylic oxidation sites excluding steroid dienone is 1. The van der Waals surface area contributed by atoms with Gasteiger partial charge in [0.05, 0.1) is 17.1 Å². The third-order valence-electron chi connectivity index (χ3n) is 4.75. The molecule has 0 atom stereocenters. The average molecular weight is 435 g/mol. The minimum absolute atomic E-state index is 0.272. The van der Waals surface area contributed by atoms with E-state index in [1.807, 2.05) is 60.7 Å². The minimum Gasteiger partial charge on any atom is -0.465 e. The number of hydrazine groups is 1. The van der Waals surface area contributed by atoms with Gasteiger partial charge in [0.25, 0.3) is 11.8 Å². The van der Waals surface area contributed by atoms with Crippen LogP contribution < -0.4 is 5.43 Å². The normalized spacial score (nSPS) is 15.6. The first-order valence-corrected chi connectivity index (χ1v) is 10.5. The number of nitrogens with zero attached hydrogens (tertiary/aromatic N) is 1. The van der Waals surface area contributed by atoms with E-state index in [0.717, 1.165) is 27.9 Å². The zero-order valence-corrected chi connectivity index (χ0v) is 17.7. The maximum atomic E-state index is 13.3. The molecule has 4 rings (SSSR count). The quantitative estimate of drug-likeness (QED) is 0.464. The lowest BCUT2D eigenvalue weighted by atomic mass is 9.91. The van der Waals surface area contributed by atoms with Crippen molar-refractivity contribution in [2.45, 2.75) is 12.8 Å². The molecule has 0 aliphatic carbocycles. The molecule has 1 saturated heterocycles. The molecule has 2 amide bonds. The summed E-state index contributed by atoms with van der Waals surface area (Å²) in [5.41, 5.74) is 5.06. The predicted molar refractivity (Wildman–Crippen MR) is 121 cm³/mol. The smallest absolute Gasteiger partial charge is 0.285 e. The van der Waals surface area contributed by atoms with Gasteiger partial charge in [-0.05, 0) is 42.4 Å². The number of carbonyl (C=O) groups is 2. The third-order valence-corrected chi connectivity index (χ3v) is 6.23. The molecular formula is C23H18N2O3S2. The molecule has 1 aliphatic heterocycles. The van der Waals surface area contributed by atoms with Gasteiger partial charge in [-0.2, -0.15) is 5.01 Å². The van der Waals surface area contributed by atoms with Crippen LogP contribution in [0.3, 0.4) is 0 Å². The van der Waals surface area contributed by atoms with Gasteiger partial charge in [0.15, 0.2) is 4.32 Å². The highest BCUT2D eigenvalue weighted by atomic mass is 32.2. The predicted octanol–water partition coefficient (Wildman–Crippen LogP) is 4.73. The van der Waals surface area contributed by atoms with Gasteiger partial charge in [0.2, 0.25) is 0 Å². The summed E-state index contributed by atoms with van der Waals surface area (Å²) >= 11 is 6.52. The molecule has 2 aromatic carbocycles. The minimum atomic E-state index is -0.577. The van der Waals surface area contributed by atoms with Crippen molar-refractivity contribution in [3.05, 3.63) is 101 Å². The molecular weight excluding hydrogens is 416 g/mol. The van der Waals surface area contributed by atoms with Gasteiger partial charge in [0.1, 0.15) is 5.76 Å². The van der Waals surface area contributed by atoms with Gasteiger partial charge in [-0.25, -0.2) is 0 Å². The summed E-state index contributed by atoms with van der Waals surface area (Å²) in [5, 5.41) is 1.14. The van der Waals surface area contributed by atoms with Crippen molar-refractivity contribution >= 4 is 45.7 Å². The lowest BCUT2D eigenvalue weighted by Crippen LogP contribution is -2.47. The number of hydrogen-bond donors (Lipinski definition) is 1. The summed E-state index contributed by atoms with van der Waals surface area (Å²) < 4.78 is 5.66. The monoisotopic (exact) mass is 434 g/mol. The number of rotatable bonds is 5. The Bertz CT molecular complexity index is 1070. The first kappa shape index (κ1) is 20.1. The van der Waals surface area contributed by atoms with Crippen molar-refractivity contribution in [2.75, 3.05) is 0 Å². The van der Waals surface area contributed by atoms with E-state index in [2.05, 4.69) is 5.43 Å². The molecule has 30 heavy (non-hydrogen) atoms. The van der Waals surface area contributed by atoms with Gasteiger partial charge in [-0.15, -0.1) is 0 Å². The number of thiocarbonyl (C=S) groups is 1. The van der Waals surface area contributed by atoms with Gasteiger partial charge in [-0.1, -0.05) is 72.4 Å². The molecule has 1 aromatic heterocycles. The highest BCUT2D eigenvalue weighted by Gasteiger charge is 2.37. The van der Waals surface area contributed by atoms with E-state index in [1.54, 1.807) is 25.3 Å². The maximum absolute atomic E-state index is 13.3. The summed E-state index contributed by atoms with van der Waals surface area (Å²) in [4.78, 5) is 26.7. The third kappa shape index (κ3) is 3.94. The number of thioether (sulfide) groups is 1. The summed E-state index contributed by atoms with van der Waals surface area (Å²) in [5.74, 6) is -0.687. The molecule has 5 nitrogen and oxygen atoms in total. The van der Waals surface area contributed by atoms with Crippen LogP contribution in [-0.4, -0.2) is 21.1 Å². The topological polar surface area (TPSA) is 62.6 Å². The molecule has 3 aromatic rings. The van der Waals surface area contributed by atoms with Crippen molar-refractivity contribution in [1.29, 1.82) is 0 Å². The molecule has 1 N–H and O–H groups in total. The van der Waals surface area contributed by atoms with E-state index in [9.17, 15) is 9.59 Å². The van der Waals surface area contributed by atoms with Crippen LogP contribution in [-0.2, 0) is 9.59 Å². The Kier molecular flexibility index (Phi) is 5.83. The Morgan fingerprint density at radius 3 is 2.13 bits per heavy atom. The van der Waals surface area contributed by atoms with Crippen molar-refractivity contribution in [3.63, 3.8) is 0 Å². The molecule has 150 valence electrons. The van der Waals surface area contributed by atoms with Crippen molar-refractivity contribution in [1.82, 2.24) is 10.4 Å². The lowest BCUT2D eigenvalue weighted by Gasteiger charge is -2.22. The van der Waals surface area contributed by atoms with Crippen molar-refractivity contribution < 1.29 is 14.0 Å². The average Bonchev–Trinajstić information content (AvgIpc) is 3.40. The van der Waals surface area contributed by atoms with Gasteiger partial charge in [-0.3, -0.25) is 15.0 Å². The van der Waals surface area contributed by atoms with Gasteiger partial charge in [0, 0.05) is 5.57 Å². The fraction of sp³-hybridized carbons (Fsp3) is 0.0870. The number of carbonyl (C=O) groups excluding carboxylic acids is 2. The highest BCUT2D eigenvalue weighted by molar-refractivity contribution is 8.26. The molecule has 0 spiro atoms. The van der Waals surface area contributed by atoms with Crippen LogP contribution in [0.1, 0.15) is 29.7 Å². The first-order chi connectivity index (χ1) is 14.6. The Hall–Kier alpha value is -3.16. The van der Waals surface area contributed by atoms with E-state index in [0.29, 0.717) is 16.2 Å². The molecule has 0 radical (unpaired) electrons. The van der Waals surface area contributed by atoms with Gasteiger partial charge >= 0.3 is 0 Å². The van der Waals surface area contributed by atoms with Crippen molar-refractivity contribution in [3.8, 4) is 0 Å². The van der Waals surface area contributed by atoms with Crippen molar-refractivity contribution in [2.24, 2.45) is 0 Å². The second-order valence-corrected chi connectivity index (χ2v) is 8.31. The Morgan fingerprint density at radius 1 is 1.00 bits per heavy atom. The SMILES string of the molecule is CC(=C1SC(=S)N(NC(=O)C(c2ccccc2)c2ccccc2)C1=O)c1ccco1. The molecule has 0 bridgehead atoms. The number of hydrogen-bond acceptors (Lipinski definition) is 5. The largest absolute Gasteiger partial charge is 0.465 e. The number of nitrogens with one attached hydrogen (secondary N) is 1. The highest BCUT2D eigenvalue weighted by Crippen LogP contribution is 2.36. The van der Waals surface area contributed by atoms with Crippen LogP contribution in [0.15, 0.2) is 88.4 Å².